The fourth-order valence-electron chi connectivity index (χ4n) is 1.66. The van der Waals surface area contributed by atoms with Gasteiger partial charge in [0, 0.05) is 19.1 Å². The van der Waals surface area contributed by atoms with Crippen LogP contribution in [0, 0.1) is 0 Å². The molecule has 0 aliphatic rings. The van der Waals surface area contributed by atoms with E-state index in [2.05, 4.69) is 10.1 Å². The molecular formula is C13H17N3O3. The number of hydrogen-bond acceptors (Lipinski definition) is 6. The van der Waals surface area contributed by atoms with E-state index in [4.69, 9.17) is 19.7 Å². The van der Waals surface area contributed by atoms with E-state index in [1.54, 1.807) is 26.4 Å². The smallest absolute Gasteiger partial charge is 0.258 e. The predicted octanol–water partition coefficient (Wildman–Crippen LogP) is 1.90. The van der Waals surface area contributed by atoms with Crippen LogP contribution in [-0.4, -0.2) is 30.5 Å². The van der Waals surface area contributed by atoms with E-state index in [1.165, 1.54) is 0 Å². The van der Waals surface area contributed by atoms with E-state index in [-0.39, 0.29) is 6.10 Å². The van der Waals surface area contributed by atoms with Crippen LogP contribution in [0.15, 0.2) is 22.7 Å². The standard InChI is InChI=1S/C13H17N3O3/c1-8(17-2)6-12-15-13(19-16-12)9-4-5-11(18-3)10(14)7-9/h4-5,7-8H,6,14H2,1-3H3. The Morgan fingerprint density at radius 1 is 1.37 bits per heavy atom. The van der Waals surface area contributed by atoms with Crippen molar-refractivity contribution in [1.82, 2.24) is 10.1 Å². The minimum atomic E-state index is 0.0476. The van der Waals surface area contributed by atoms with Crippen molar-refractivity contribution >= 4 is 5.69 Å². The van der Waals surface area contributed by atoms with Crippen LogP contribution in [-0.2, 0) is 11.2 Å². The molecule has 1 aromatic heterocycles. The van der Waals surface area contributed by atoms with Crippen LogP contribution in [0.25, 0.3) is 11.5 Å². The number of anilines is 1. The summed E-state index contributed by atoms with van der Waals surface area (Å²) < 4.78 is 15.5. The second-order valence-corrected chi connectivity index (χ2v) is 4.22. The number of nitrogen functional groups attached to an aromatic ring is 1. The lowest BCUT2D eigenvalue weighted by Gasteiger charge is -2.04. The second kappa shape index (κ2) is 5.71. The summed E-state index contributed by atoms with van der Waals surface area (Å²) in [7, 11) is 3.22. The third-order valence-corrected chi connectivity index (χ3v) is 2.82. The molecule has 0 aliphatic heterocycles. The van der Waals surface area contributed by atoms with E-state index in [9.17, 15) is 0 Å². The minimum absolute atomic E-state index is 0.0476. The molecule has 2 rings (SSSR count). The Balaban J connectivity index is 2.20. The first-order valence-electron chi connectivity index (χ1n) is 5.93. The Bertz CT molecular complexity index is 554. The third kappa shape index (κ3) is 3.03. The monoisotopic (exact) mass is 263 g/mol. The molecule has 0 amide bonds. The molecule has 1 aromatic carbocycles. The highest BCUT2D eigenvalue weighted by molar-refractivity contribution is 5.65. The predicted molar refractivity (Wildman–Crippen MR) is 70.9 cm³/mol. The summed E-state index contributed by atoms with van der Waals surface area (Å²) in [6, 6.07) is 5.34. The average Bonchev–Trinajstić information content (AvgIpc) is 2.87. The Labute approximate surface area is 111 Å². The molecule has 0 radical (unpaired) electrons. The summed E-state index contributed by atoms with van der Waals surface area (Å²) in [4.78, 5) is 4.31. The van der Waals surface area contributed by atoms with Crippen molar-refractivity contribution in [2.45, 2.75) is 19.4 Å². The average molecular weight is 263 g/mol. The number of nitrogens with zero attached hydrogens (tertiary/aromatic N) is 2. The molecule has 1 atom stereocenters. The largest absolute Gasteiger partial charge is 0.495 e. The molecule has 6 heteroatoms. The Morgan fingerprint density at radius 3 is 2.79 bits per heavy atom. The van der Waals surface area contributed by atoms with Crippen LogP contribution in [0.1, 0.15) is 12.7 Å². The first kappa shape index (κ1) is 13.4. The van der Waals surface area contributed by atoms with Gasteiger partial charge >= 0.3 is 0 Å². The molecule has 1 unspecified atom stereocenters. The number of hydrogen-bond donors (Lipinski definition) is 1. The van der Waals surface area contributed by atoms with Crippen molar-refractivity contribution in [3.63, 3.8) is 0 Å². The van der Waals surface area contributed by atoms with Gasteiger partial charge in [-0.05, 0) is 25.1 Å². The van der Waals surface area contributed by atoms with Gasteiger partial charge in [0.2, 0.25) is 0 Å². The van der Waals surface area contributed by atoms with Crippen molar-refractivity contribution in [2.75, 3.05) is 20.0 Å². The van der Waals surface area contributed by atoms with E-state index in [0.717, 1.165) is 5.56 Å². The molecule has 0 fully saturated rings. The zero-order valence-electron chi connectivity index (χ0n) is 11.2. The fourth-order valence-corrected chi connectivity index (χ4v) is 1.66. The fraction of sp³-hybridized carbons (Fsp3) is 0.385. The van der Waals surface area contributed by atoms with Gasteiger partial charge < -0.3 is 19.7 Å². The van der Waals surface area contributed by atoms with Crippen LogP contribution in [0.3, 0.4) is 0 Å². The zero-order valence-corrected chi connectivity index (χ0v) is 11.2. The molecule has 0 aliphatic carbocycles. The molecule has 6 nitrogen and oxygen atoms in total. The molecule has 19 heavy (non-hydrogen) atoms. The van der Waals surface area contributed by atoms with Crippen LogP contribution >= 0.6 is 0 Å². The maximum Gasteiger partial charge on any atom is 0.258 e. The van der Waals surface area contributed by atoms with Crippen molar-refractivity contribution < 1.29 is 14.0 Å². The molecule has 2 N–H and O–H groups in total. The highest BCUT2D eigenvalue weighted by atomic mass is 16.5. The maximum absolute atomic E-state index is 5.84. The summed E-state index contributed by atoms with van der Waals surface area (Å²) in [5.41, 5.74) is 7.14. The summed E-state index contributed by atoms with van der Waals surface area (Å²) in [5, 5.41) is 3.91. The summed E-state index contributed by atoms with van der Waals surface area (Å²) in [6.45, 7) is 1.95. The first-order chi connectivity index (χ1) is 9.13. The molecule has 102 valence electrons. The Morgan fingerprint density at radius 2 is 2.16 bits per heavy atom. The van der Waals surface area contributed by atoms with Crippen molar-refractivity contribution in [3.8, 4) is 17.2 Å². The van der Waals surface area contributed by atoms with Gasteiger partial charge in [-0.1, -0.05) is 5.16 Å². The van der Waals surface area contributed by atoms with Crippen LogP contribution in [0.4, 0.5) is 5.69 Å². The molecule has 0 bridgehead atoms. The van der Waals surface area contributed by atoms with Crippen LogP contribution < -0.4 is 10.5 Å². The normalized spacial score (nSPS) is 12.4. The van der Waals surface area contributed by atoms with Gasteiger partial charge in [-0.15, -0.1) is 0 Å². The number of rotatable bonds is 5. The number of benzene rings is 1. The molecule has 0 saturated heterocycles. The van der Waals surface area contributed by atoms with Crippen LogP contribution in [0.2, 0.25) is 0 Å². The highest BCUT2D eigenvalue weighted by Crippen LogP contribution is 2.27. The Hall–Kier alpha value is -2.08. The van der Waals surface area contributed by atoms with Gasteiger partial charge in [-0.3, -0.25) is 0 Å². The van der Waals surface area contributed by atoms with Gasteiger partial charge in [-0.25, -0.2) is 0 Å². The lowest BCUT2D eigenvalue weighted by molar-refractivity contribution is 0.116. The van der Waals surface area contributed by atoms with E-state index in [1.807, 2.05) is 13.0 Å². The second-order valence-electron chi connectivity index (χ2n) is 4.22. The molecular weight excluding hydrogens is 246 g/mol. The van der Waals surface area contributed by atoms with Gasteiger partial charge in [0.05, 0.1) is 18.9 Å². The summed E-state index contributed by atoms with van der Waals surface area (Å²) >= 11 is 0. The quantitative estimate of drug-likeness (QED) is 0.829. The molecule has 0 spiro atoms. The third-order valence-electron chi connectivity index (χ3n) is 2.82. The number of ether oxygens (including phenoxy) is 2. The molecule has 0 saturated carbocycles. The maximum atomic E-state index is 5.84. The van der Waals surface area contributed by atoms with Gasteiger partial charge in [0.15, 0.2) is 5.82 Å². The topological polar surface area (TPSA) is 83.4 Å². The number of methoxy groups -OCH3 is 2. The van der Waals surface area contributed by atoms with Gasteiger partial charge in [0.1, 0.15) is 5.75 Å². The zero-order chi connectivity index (χ0) is 13.8. The van der Waals surface area contributed by atoms with Crippen LogP contribution in [0.5, 0.6) is 5.75 Å². The SMILES string of the molecule is COc1ccc(-c2nc(CC(C)OC)no2)cc1N. The van der Waals surface area contributed by atoms with Gasteiger partial charge in [-0.2, -0.15) is 4.98 Å². The number of nitrogens with two attached hydrogens (primary N) is 1. The number of aromatic nitrogens is 2. The van der Waals surface area contributed by atoms with Crippen molar-refractivity contribution in [3.05, 3.63) is 24.0 Å². The Kier molecular flexibility index (Phi) is 4.01. The van der Waals surface area contributed by atoms with Crippen molar-refractivity contribution in [1.29, 1.82) is 0 Å². The van der Waals surface area contributed by atoms with Crippen molar-refractivity contribution in [2.24, 2.45) is 0 Å². The minimum Gasteiger partial charge on any atom is -0.495 e. The highest BCUT2D eigenvalue weighted by Gasteiger charge is 2.12. The first-order valence-corrected chi connectivity index (χ1v) is 5.93. The lowest BCUT2D eigenvalue weighted by atomic mass is 10.2. The lowest BCUT2D eigenvalue weighted by Crippen LogP contribution is -2.09. The van der Waals surface area contributed by atoms with E-state index >= 15 is 0 Å². The molecule has 2 aromatic rings. The summed E-state index contributed by atoms with van der Waals surface area (Å²) in [6.07, 6.45) is 0.650. The summed E-state index contributed by atoms with van der Waals surface area (Å²) in [5.74, 6) is 1.67. The van der Waals surface area contributed by atoms with E-state index < -0.39 is 0 Å². The molecule has 1 heterocycles. The van der Waals surface area contributed by atoms with Gasteiger partial charge in [0.25, 0.3) is 5.89 Å². The van der Waals surface area contributed by atoms with E-state index in [0.29, 0.717) is 29.6 Å².